The van der Waals surface area contributed by atoms with Gasteiger partial charge in [-0.15, -0.1) is 0 Å². The molecular weight excluding hydrogens is 283 g/mol. The van der Waals surface area contributed by atoms with Crippen LogP contribution in [-0.4, -0.2) is 31.1 Å². The number of hydrogen-bond acceptors (Lipinski definition) is 2. The minimum atomic E-state index is -0.197. The quantitative estimate of drug-likeness (QED) is 0.841. The number of benzene rings is 1. The SMILES string of the molecule is Fc1ccc(CNCCN2CCCC2)c(Br)c1. The lowest BCUT2D eigenvalue weighted by Gasteiger charge is -2.15. The molecule has 1 N–H and O–H groups in total. The molecule has 1 heterocycles. The molecule has 0 radical (unpaired) electrons. The van der Waals surface area contributed by atoms with Crippen LogP contribution >= 0.6 is 15.9 Å². The summed E-state index contributed by atoms with van der Waals surface area (Å²) in [6.45, 7) is 5.36. The number of hydrogen-bond donors (Lipinski definition) is 1. The highest BCUT2D eigenvalue weighted by atomic mass is 79.9. The Kier molecular flexibility index (Phi) is 4.95. The van der Waals surface area contributed by atoms with Gasteiger partial charge in [0.1, 0.15) is 5.82 Å². The first-order valence-electron chi connectivity index (χ1n) is 6.13. The van der Waals surface area contributed by atoms with Gasteiger partial charge in [-0.2, -0.15) is 0 Å². The molecule has 0 aliphatic carbocycles. The van der Waals surface area contributed by atoms with Crippen LogP contribution in [-0.2, 0) is 6.54 Å². The van der Waals surface area contributed by atoms with Crippen molar-refractivity contribution in [2.24, 2.45) is 0 Å². The summed E-state index contributed by atoms with van der Waals surface area (Å²) < 4.78 is 13.7. The molecule has 4 heteroatoms. The van der Waals surface area contributed by atoms with Crippen molar-refractivity contribution in [3.63, 3.8) is 0 Å². The predicted molar refractivity (Wildman–Crippen MR) is 71.5 cm³/mol. The maximum Gasteiger partial charge on any atom is 0.124 e. The van der Waals surface area contributed by atoms with Gasteiger partial charge in [-0.1, -0.05) is 22.0 Å². The Labute approximate surface area is 110 Å². The van der Waals surface area contributed by atoms with Crippen molar-refractivity contribution in [3.05, 3.63) is 34.1 Å². The van der Waals surface area contributed by atoms with Gasteiger partial charge in [-0.05, 0) is 43.6 Å². The Hall–Kier alpha value is -0.450. The van der Waals surface area contributed by atoms with Gasteiger partial charge in [0.2, 0.25) is 0 Å². The standard InChI is InChI=1S/C13H18BrFN2/c14-13-9-12(15)4-3-11(13)10-16-5-8-17-6-1-2-7-17/h3-4,9,16H,1-2,5-8,10H2. The van der Waals surface area contributed by atoms with Gasteiger partial charge in [0.25, 0.3) is 0 Å². The van der Waals surface area contributed by atoms with Crippen LogP contribution < -0.4 is 5.32 Å². The molecule has 2 rings (SSSR count). The van der Waals surface area contributed by atoms with Crippen LogP contribution in [0.5, 0.6) is 0 Å². The second kappa shape index (κ2) is 6.47. The third-order valence-electron chi connectivity index (χ3n) is 3.13. The average Bonchev–Trinajstić information content (AvgIpc) is 2.79. The topological polar surface area (TPSA) is 15.3 Å². The van der Waals surface area contributed by atoms with E-state index in [0.717, 1.165) is 29.7 Å². The van der Waals surface area contributed by atoms with Crippen LogP contribution in [0.15, 0.2) is 22.7 Å². The van der Waals surface area contributed by atoms with Crippen molar-refractivity contribution in [2.45, 2.75) is 19.4 Å². The molecule has 2 nitrogen and oxygen atoms in total. The van der Waals surface area contributed by atoms with Crippen LogP contribution in [0.3, 0.4) is 0 Å². The van der Waals surface area contributed by atoms with E-state index in [4.69, 9.17) is 0 Å². The lowest BCUT2D eigenvalue weighted by atomic mass is 10.2. The van der Waals surface area contributed by atoms with E-state index in [0.29, 0.717) is 0 Å². The lowest BCUT2D eigenvalue weighted by Crippen LogP contribution is -2.29. The molecule has 0 bridgehead atoms. The van der Waals surface area contributed by atoms with E-state index in [1.165, 1.54) is 38.1 Å². The van der Waals surface area contributed by atoms with Crippen molar-refractivity contribution < 1.29 is 4.39 Å². The van der Waals surface area contributed by atoms with Gasteiger partial charge in [0, 0.05) is 24.1 Å². The fraction of sp³-hybridized carbons (Fsp3) is 0.538. The Balaban J connectivity index is 1.70. The highest BCUT2D eigenvalue weighted by Crippen LogP contribution is 2.17. The molecule has 0 spiro atoms. The van der Waals surface area contributed by atoms with Crippen molar-refractivity contribution in [1.29, 1.82) is 0 Å². The van der Waals surface area contributed by atoms with Gasteiger partial charge < -0.3 is 10.2 Å². The molecule has 1 fully saturated rings. The number of halogens is 2. The molecule has 0 aromatic heterocycles. The fourth-order valence-corrected chi connectivity index (χ4v) is 2.62. The Morgan fingerprint density at radius 1 is 1.29 bits per heavy atom. The van der Waals surface area contributed by atoms with E-state index < -0.39 is 0 Å². The van der Waals surface area contributed by atoms with Gasteiger partial charge >= 0.3 is 0 Å². The Bertz CT molecular complexity index is 364. The van der Waals surface area contributed by atoms with Gasteiger partial charge in [-0.25, -0.2) is 4.39 Å². The van der Waals surface area contributed by atoms with Crippen LogP contribution in [0.4, 0.5) is 4.39 Å². The number of nitrogens with one attached hydrogen (secondary N) is 1. The zero-order chi connectivity index (χ0) is 12.1. The number of rotatable bonds is 5. The highest BCUT2D eigenvalue weighted by molar-refractivity contribution is 9.10. The summed E-state index contributed by atoms with van der Waals surface area (Å²) in [6.07, 6.45) is 2.67. The minimum Gasteiger partial charge on any atom is -0.311 e. The molecule has 1 saturated heterocycles. The maximum atomic E-state index is 12.9. The largest absolute Gasteiger partial charge is 0.311 e. The zero-order valence-corrected chi connectivity index (χ0v) is 11.5. The first-order valence-corrected chi connectivity index (χ1v) is 6.92. The molecule has 0 unspecified atom stereocenters. The van der Waals surface area contributed by atoms with Crippen LogP contribution in [0.1, 0.15) is 18.4 Å². The summed E-state index contributed by atoms with van der Waals surface area (Å²) in [5.74, 6) is -0.197. The second-order valence-corrected chi connectivity index (χ2v) is 5.32. The Morgan fingerprint density at radius 3 is 2.76 bits per heavy atom. The molecule has 1 aliphatic rings. The molecule has 1 aromatic carbocycles. The molecule has 0 amide bonds. The van der Waals surface area contributed by atoms with E-state index in [-0.39, 0.29) is 5.82 Å². The van der Waals surface area contributed by atoms with Crippen LogP contribution in [0.25, 0.3) is 0 Å². The zero-order valence-electron chi connectivity index (χ0n) is 9.88. The van der Waals surface area contributed by atoms with Gasteiger partial charge in [0.05, 0.1) is 0 Å². The molecule has 0 saturated carbocycles. The normalized spacial score (nSPS) is 16.6. The summed E-state index contributed by atoms with van der Waals surface area (Å²) in [5.41, 5.74) is 1.10. The lowest BCUT2D eigenvalue weighted by molar-refractivity contribution is 0.335. The summed E-state index contributed by atoms with van der Waals surface area (Å²) in [7, 11) is 0. The number of nitrogens with zero attached hydrogens (tertiary/aromatic N) is 1. The molecule has 1 aromatic rings. The Morgan fingerprint density at radius 2 is 2.06 bits per heavy atom. The fourth-order valence-electron chi connectivity index (χ4n) is 2.13. The van der Waals surface area contributed by atoms with E-state index in [1.54, 1.807) is 0 Å². The third-order valence-corrected chi connectivity index (χ3v) is 3.87. The second-order valence-electron chi connectivity index (χ2n) is 4.46. The molecule has 1 aliphatic heterocycles. The van der Waals surface area contributed by atoms with E-state index in [2.05, 4.69) is 26.1 Å². The minimum absolute atomic E-state index is 0.197. The summed E-state index contributed by atoms with van der Waals surface area (Å²) >= 11 is 3.38. The first-order chi connectivity index (χ1) is 8.25. The van der Waals surface area contributed by atoms with Crippen molar-refractivity contribution in [2.75, 3.05) is 26.2 Å². The van der Waals surface area contributed by atoms with Crippen LogP contribution in [0, 0.1) is 5.82 Å². The van der Waals surface area contributed by atoms with E-state index in [1.807, 2.05) is 6.07 Å². The molecule has 17 heavy (non-hydrogen) atoms. The first kappa shape index (κ1) is 13.0. The molecule has 0 atom stereocenters. The van der Waals surface area contributed by atoms with Gasteiger partial charge in [-0.3, -0.25) is 0 Å². The van der Waals surface area contributed by atoms with Gasteiger partial charge in [0.15, 0.2) is 0 Å². The maximum absolute atomic E-state index is 12.9. The van der Waals surface area contributed by atoms with E-state index >= 15 is 0 Å². The highest BCUT2D eigenvalue weighted by Gasteiger charge is 2.10. The third kappa shape index (κ3) is 4.05. The average molecular weight is 301 g/mol. The van der Waals surface area contributed by atoms with Crippen molar-refractivity contribution in [3.8, 4) is 0 Å². The van der Waals surface area contributed by atoms with Crippen molar-refractivity contribution >= 4 is 15.9 Å². The monoisotopic (exact) mass is 300 g/mol. The smallest absolute Gasteiger partial charge is 0.124 e. The molecular formula is C13H18BrFN2. The van der Waals surface area contributed by atoms with Crippen molar-refractivity contribution in [1.82, 2.24) is 10.2 Å². The van der Waals surface area contributed by atoms with E-state index in [9.17, 15) is 4.39 Å². The number of likely N-dealkylation sites (tertiary alicyclic amines) is 1. The summed E-state index contributed by atoms with van der Waals surface area (Å²) in [6, 6.07) is 4.84. The summed E-state index contributed by atoms with van der Waals surface area (Å²) in [5, 5.41) is 3.39. The van der Waals surface area contributed by atoms with Crippen LogP contribution in [0.2, 0.25) is 0 Å². The predicted octanol–water partition coefficient (Wildman–Crippen LogP) is 2.77. The summed E-state index contributed by atoms with van der Waals surface area (Å²) in [4.78, 5) is 2.48. The molecule has 94 valence electrons.